The van der Waals surface area contributed by atoms with Crippen molar-refractivity contribution < 1.29 is 5.11 Å². The molecular formula is C16H12ClNO. The smallest absolute Gasteiger partial charge is 0.121 e. The van der Waals surface area contributed by atoms with E-state index in [-0.39, 0.29) is 0 Å². The Kier molecular flexibility index (Phi) is 3.20. The minimum atomic E-state index is -0.707. The Balaban J connectivity index is 2.04. The molecule has 0 spiro atoms. The van der Waals surface area contributed by atoms with Crippen LogP contribution in [-0.2, 0) is 0 Å². The lowest BCUT2D eigenvalue weighted by Crippen LogP contribution is -2.02. The molecule has 2 aromatic carbocycles. The molecule has 0 saturated carbocycles. The third-order valence-electron chi connectivity index (χ3n) is 3.07. The van der Waals surface area contributed by atoms with Crippen LogP contribution in [0.5, 0.6) is 0 Å². The summed E-state index contributed by atoms with van der Waals surface area (Å²) < 4.78 is 0. The van der Waals surface area contributed by atoms with Gasteiger partial charge in [0.25, 0.3) is 0 Å². The zero-order valence-electron chi connectivity index (χ0n) is 10.1. The Morgan fingerprint density at radius 1 is 0.947 bits per heavy atom. The lowest BCUT2D eigenvalue weighted by molar-refractivity contribution is 0.216. The maximum absolute atomic E-state index is 10.3. The van der Waals surface area contributed by atoms with Crippen molar-refractivity contribution in [3.8, 4) is 0 Å². The van der Waals surface area contributed by atoms with Crippen molar-refractivity contribution in [1.82, 2.24) is 4.98 Å². The first-order valence-electron chi connectivity index (χ1n) is 6.03. The lowest BCUT2D eigenvalue weighted by Gasteiger charge is -2.11. The fourth-order valence-electron chi connectivity index (χ4n) is 2.07. The molecule has 0 fully saturated rings. The normalized spacial score (nSPS) is 12.5. The number of fused-ring (bicyclic) bond motifs is 1. The van der Waals surface area contributed by atoms with Gasteiger partial charge in [0, 0.05) is 10.4 Å². The quantitative estimate of drug-likeness (QED) is 0.764. The zero-order chi connectivity index (χ0) is 13.2. The summed E-state index contributed by atoms with van der Waals surface area (Å²) in [5, 5.41) is 12.0. The fourth-order valence-corrected chi connectivity index (χ4v) is 2.25. The number of benzene rings is 2. The number of aliphatic hydroxyl groups is 1. The molecule has 1 N–H and O–H groups in total. The topological polar surface area (TPSA) is 33.1 Å². The summed E-state index contributed by atoms with van der Waals surface area (Å²) >= 11 is 5.94. The summed E-state index contributed by atoms with van der Waals surface area (Å²) in [4.78, 5) is 4.48. The molecule has 1 atom stereocenters. The van der Waals surface area contributed by atoms with Gasteiger partial charge in [0.15, 0.2) is 0 Å². The molecule has 0 aliphatic heterocycles. The molecule has 3 aromatic rings. The number of nitrogens with zero attached hydrogens (tertiary/aromatic N) is 1. The highest BCUT2D eigenvalue weighted by Gasteiger charge is 2.11. The van der Waals surface area contributed by atoms with Crippen molar-refractivity contribution in [1.29, 1.82) is 0 Å². The van der Waals surface area contributed by atoms with Gasteiger partial charge in [0.2, 0.25) is 0 Å². The van der Waals surface area contributed by atoms with Crippen LogP contribution in [0.3, 0.4) is 0 Å². The number of aliphatic hydroxyl groups excluding tert-OH is 1. The standard InChI is InChI=1S/C16H12ClNO/c17-13-7-9-14-12(10-13)6-8-15(18-14)16(19)11-4-2-1-3-5-11/h1-10,16,19H/t16-/m1/s1. The average Bonchev–Trinajstić information content (AvgIpc) is 2.47. The molecule has 2 nitrogen and oxygen atoms in total. The van der Waals surface area contributed by atoms with E-state index in [0.29, 0.717) is 10.7 Å². The molecule has 3 heteroatoms. The molecule has 94 valence electrons. The summed E-state index contributed by atoms with van der Waals surface area (Å²) in [7, 11) is 0. The first kappa shape index (κ1) is 12.2. The second kappa shape index (κ2) is 5.00. The minimum absolute atomic E-state index is 0.640. The van der Waals surface area contributed by atoms with Crippen LogP contribution < -0.4 is 0 Å². The summed E-state index contributed by atoms with van der Waals surface area (Å²) in [6.45, 7) is 0. The first-order chi connectivity index (χ1) is 9.24. The highest BCUT2D eigenvalue weighted by atomic mass is 35.5. The van der Waals surface area contributed by atoms with Crippen molar-refractivity contribution in [2.75, 3.05) is 0 Å². The summed E-state index contributed by atoms with van der Waals surface area (Å²) in [6.07, 6.45) is -0.707. The summed E-state index contributed by atoms with van der Waals surface area (Å²) in [5.41, 5.74) is 2.31. The van der Waals surface area contributed by atoms with E-state index < -0.39 is 6.10 Å². The molecule has 1 heterocycles. The fraction of sp³-hybridized carbons (Fsp3) is 0.0625. The zero-order valence-corrected chi connectivity index (χ0v) is 10.9. The molecule has 0 saturated heterocycles. The van der Waals surface area contributed by atoms with Crippen molar-refractivity contribution in [2.24, 2.45) is 0 Å². The van der Waals surface area contributed by atoms with Crippen LogP contribution in [0.15, 0.2) is 60.7 Å². The van der Waals surface area contributed by atoms with E-state index in [4.69, 9.17) is 11.6 Å². The largest absolute Gasteiger partial charge is 0.382 e. The Labute approximate surface area is 116 Å². The van der Waals surface area contributed by atoms with Gasteiger partial charge >= 0.3 is 0 Å². The van der Waals surface area contributed by atoms with Crippen LogP contribution in [-0.4, -0.2) is 10.1 Å². The highest BCUT2D eigenvalue weighted by molar-refractivity contribution is 6.31. The van der Waals surface area contributed by atoms with Gasteiger partial charge in [-0.25, -0.2) is 4.98 Å². The molecule has 1 aromatic heterocycles. The van der Waals surface area contributed by atoms with Crippen LogP contribution in [0.25, 0.3) is 10.9 Å². The summed E-state index contributed by atoms with van der Waals surface area (Å²) in [5.74, 6) is 0. The Morgan fingerprint density at radius 3 is 2.53 bits per heavy atom. The van der Waals surface area contributed by atoms with E-state index in [1.807, 2.05) is 54.6 Å². The molecule has 0 amide bonds. The number of pyridine rings is 1. The maximum Gasteiger partial charge on any atom is 0.121 e. The van der Waals surface area contributed by atoms with Gasteiger partial charge in [-0.05, 0) is 29.8 Å². The monoisotopic (exact) mass is 269 g/mol. The second-order valence-corrected chi connectivity index (χ2v) is 4.82. The molecule has 0 unspecified atom stereocenters. The van der Waals surface area contributed by atoms with Gasteiger partial charge < -0.3 is 5.11 Å². The first-order valence-corrected chi connectivity index (χ1v) is 6.41. The van der Waals surface area contributed by atoms with Crippen LogP contribution in [0.4, 0.5) is 0 Å². The van der Waals surface area contributed by atoms with E-state index in [9.17, 15) is 5.11 Å². The van der Waals surface area contributed by atoms with E-state index in [2.05, 4.69) is 4.98 Å². The van der Waals surface area contributed by atoms with Crippen molar-refractivity contribution >= 4 is 22.5 Å². The van der Waals surface area contributed by atoms with E-state index in [1.54, 1.807) is 6.07 Å². The molecular weight excluding hydrogens is 258 g/mol. The lowest BCUT2D eigenvalue weighted by atomic mass is 10.1. The molecule has 0 aliphatic carbocycles. The van der Waals surface area contributed by atoms with Gasteiger partial charge in [-0.3, -0.25) is 0 Å². The third kappa shape index (κ3) is 2.46. The maximum atomic E-state index is 10.3. The van der Waals surface area contributed by atoms with Crippen molar-refractivity contribution in [3.05, 3.63) is 76.9 Å². The average molecular weight is 270 g/mol. The summed E-state index contributed by atoms with van der Waals surface area (Å²) in [6, 6.07) is 18.8. The van der Waals surface area contributed by atoms with E-state index in [0.717, 1.165) is 16.5 Å². The Morgan fingerprint density at radius 2 is 1.74 bits per heavy atom. The number of hydrogen-bond donors (Lipinski definition) is 1. The third-order valence-corrected chi connectivity index (χ3v) is 3.30. The highest BCUT2D eigenvalue weighted by Crippen LogP contribution is 2.24. The van der Waals surface area contributed by atoms with Gasteiger partial charge in [-0.1, -0.05) is 48.0 Å². The minimum Gasteiger partial charge on any atom is -0.382 e. The number of halogens is 1. The molecule has 0 radical (unpaired) electrons. The number of aromatic nitrogens is 1. The van der Waals surface area contributed by atoms with Gasteiger partial charge in [-0.2, -0.15) is 0 Å². The van der Waals surface area contributed by atoms with Crippen LogP contribution in [0, 0.1) is 0 Å². The SMILES string of the molecule is O[C@H](c1ccccc1)c1ccc2cc(Cl)ccc2n1. The Hall–Kier alpha value is -1.90. The number of rotatable bonds is 2. The molecule has 0 aliphatic rings. The Bertz CT molecular complexity index is 712. The molecule has 3 rings (SSSR count). The predicted octanol–water partition coefficient (Wildman–Crippen LogP) is 3.97. The number of hydrogen-bond acceptors (Lipinski definition) is 2. The van der Waals surface area contributed by atoms with Crippen molar-refractivity contribution in [3.63, 3.8) is 0 Å². The van der Waals surface area contributed by atoms with Crippen LogP contribution >= 0.6 is 11.6 Å². The van der Waals surface area contributed by atoms with Crippen LogP contribution in [0.1, 0.15) is 17.4 Å². The second-order valence-electron chi connectivity index (χ2n) is 4.39. The van der Waals surface area contributed by atoms with Crippen LogP contribution in [0.2, 0.25) is 5.02 Å². The molecule has 0 bridgehead atoms. The van der Waals surface area contributed by atoms with Crippen molar-refractivity contribution in [2.45, 2.75) is 6.10 Å². The van der Waals surface area contributed by atoms with Gasteiger partial charge in [-0.15, -0.1) is 0 Å². The van der Waals surface area contributed by atoms with E-state index >= 15 is 0 Å². The van der Waals surface area contributed by atoms with Gasteiger partial charge in [0.1, 0.15) is 6.10 Å². The van der Waals surface area contributed by atoms with Gasteiger partial charge in [0.05, 0.1) is 11.2 Å². The molecule has 19 heavy (non-hydrogen) atoms. The van der Waals surface area contributed by atoms with E-state index in [1.165, 1.54) is 0 Å². The predicted molar refractivity (Wildman–Crippen MR) is 77.3 cm³/mol.